The molecule has 1 aromatic rings. The summed E-state index contributed by atoms with van der Waals surface area (Å²) in [6.07, 6.45) is 1.66. The molecule has 76 valence electrons. The van der Waals surface area contributed by atoms with Crippen molar-refractivity contribution < 1.29 is 4.79 Å². The number of nitrogens with two attached hydrogens (primary N) is 1. The highest BCUT2D eigenvalue weighted by Crippen LogP contribution is 2.08. The zero-order valence-corrected chi connectivity index (χ0v) is 8.08. The summed E-state index contributed by atoms with van der Waals surface area (Å²) in [6.45, 7) is 2.82. The first kappa shape index (κ1) is 10.5. The van der Waals surface area contributed by atoms with Crippen LogP contribution in [-0.2, 0) is 4.79 Å². The number of anilines is 2. The molecule has 0 atom stereocenters. The van der Waals surface area contributed by atoms with Crippen LogP contribution in [0.15, 0.2) is 18.3 Å². The Morgan fingerprint density at radius 1 is 1.57 bits per heavy atom. The molecule has 0 aliphatic heterocycles. The van der Waals surface area contributed by atoms with Crippen LogP contribution in [-0.4, -0.2) is 24.0 Å². The molecule has 0 saturated carbocycles. The molecular weight excluding hydrogens is 180 g/mol. The summed E-state index contributed by atoms with van der Waals surface area (Å²) in [5.41, 5.74) is 6.07. The van der Waals surface area contributed by atoms with E-state index in [9.17, 15) is 4.79 Å². The van der Waals surface area contributed by atoms with Gasteiger partial charge in [0.15, 0.2) is 0 Å². The second-order valence-corrected chi connectivity index (χ2v) is 2.71. The fourth-order valence-electron chi connectivity index (χ4n) is 0.970. The van der Waals surface area contributed by atoms with Gasteiger partial charge < -0.3 is 16.4 Å². The highest BCUT2D eigenvalue weighted by atomic mass is 16.1. The lowest BCUT2D eigenvalue weighted by Crippen LogP contribution is -2.22. The molecule has 0 aliphatic carbocycles. The van der Waals surface area contributed by atoms with Crippen molar-refractivity contribution in [3.05, 3.63) is 18.3 Å². The van der Waals surface area contributed by atoms with Gasteiger partial charge in [-0.15, -0.1) is 0 Å². The summed E-state index contributed by atoms with van der Waals surface area (Å²) in [5, 5.41) is 5.66. The van der Waals surface area contributed by atoms with E-state index < -0.39 is 0 Å². The zero-order chi connectivity index (χ0) is 10.4. The molecule has 4 N–H and O–H groups in total. The van der Waals surface area contributed by atoms with Crippen LogP contribution in [0.2, 0.25) is 0 Å². The monoisotopic (exact) mass is 194 g/mol. The maximum Gasteiger partial charge on any atom is 0.239 e. The summed E-state index contributed by atoms with van der Waals surface area (Å²) in [6, 6.07) is 3.58. The van der Waals surface area contributed by atoms with Crippen LogP contribution in [0.25, 0.3) is 0 Å². The molecule has 5 nitrogen and oxygen atoms in total. The maximum atomic E-state index is 10.9. The van der Waals surface area contributed by atoms with Gasteiger partial charge in [-0.1, -0.05) is 0 Å². The molecule has 14 heavy (non-hydrogen) atoms. The molecule has 0 unspecified atom stereocenters. The molecule has 0 aliphatic rings. The van der Waals surface area contributed by atoms with Gasteiger partial charge in [-0.25, -0.2) is 4.98 Å². The predicted octanol–water partition coefficient (Wildman–Crippen LogP) is 0.411. The Balaban J connectivity index is 2.59. The first-order valence-electron chi connectivity index (χ1n) is 4.46. The number of aromatic nitrogens is 1. The van der Waals surface area contributed by atoms with Crippen molar-refractivity contribution in [3.63, 3.8) is 0 Å². The summed E-state index contributed by atoms with van der Waals surface area (Å²) in [5.74, 6) is 0.274. The normalized spacial score (nSPS) is 9.57. The fraction of sp³-hybridized carbons (Fsp3) is 0.333. The summed E-state index contributed by atoms with van der Waals surface area (Å²) in [4.78, 5) is 14.9. The maximum absolute atomic E-state index is 10.9. The van der Waals surface area contributed by atoms with Gasteiger partial charge >= 0.3 is 0 Å². The van der Waals surface area contributed by atoms with Crippen LogP contribution in [0.5, 0.6) is 0 Å². The van der Waals surface area contributed by atoms with Crippen LogP contribution in [0.3, 0.4) is 0 Å². The Morgan fingerprint density at radius 2 is 2.36 bits per heavy atom. The lowest BCUT2D eigenvalue weighted by atomic mass is 10.4. The van der Waals surface area contributed by atoms with Gasteiger partial charge in [-0.05, 0) is 19.1 Å². The van der Waals surface area contributed by atoms with E-state index >= 15 is 0 Å². The molecule has 5 heteroatoms. The average molecular weight is 194 g/mol. The summed E-state index contributed by atoms with van der Waals surface area (Å²) in [7, 11) is 0. The molecule has 1 amide bonds. The van der Waals surface area contributed by atoms with Crippen molar-refractivity contribution in [3.8, 4) is 0 Å². The van der Waals surface area contributed by atoms with Gasteiger partial charge in [0.05, 0.1) is 18.4 Å². The number of hydrogen-bond donors (Lipinski definition) is 3. The smallest absolute Gasteiger partial charge is 0.239 e. The molecular formula is C9H14N4O. The number of nitrogens with one attached hydrogen (secondary N) is 2. The second-order valence-electron chi connectivity index (χ2n) is 2.71. The van der Waals surface area contributed by atoms with E-state index in [-0.39, 0.29) is 12.5 Å². The Hall–Kier alpha value is -1.62. The van der Waals surface area contributed by atoms with Crippen LogP contribution in [0.4, 0.5) is 11.5 Å². The van der Waals surface area contributed by atoms with Crippen molar-refractivity contribution >= 4 is 17.4 Å². The quantitative estimate of drug-likeness (QED) is 0.648. The van der Waals surface area contributed by atoms with Gasteiger partial charge in [0.25, 0.3) is 0 Å². The number of pyridine rings is 1. The molecule has 1 aromatic heterocycles. The van der Waals surface area contributed by atoms with E-state index in [1.165, 1.54) is 0 Å². The minimum atomic E-state index is -0.242. The van der Waals surface area contributed by atoms with Crippen molar-refractivity contribution in [1.29, 1.82) is 0 Å². The Labute approximate surface area is 82.7 Å². The van der Waals surface area contributed by atoms with E-state index in [0.717, 1.165) is 12.2 Å². The van der Waals surface area contributed by atoms with Crippen LogP contribution >= 0.6 is 0 Å². The average Bonchev–Trinajstić information content (AvgIpc) is 2.21. The lowest BCUT2D eigenvalue weighted by molar-refractivity contribution is -0.114. The Kier molecular flexibility index (Phi) is 3.87. The molecule has 0 aromatic carbocycles. The Morgan fingerprint density at radius 3 is 2.86 bits per heavy atom. The molecule has 1 rings (SSSR count). The molecule has 1 heterocycles. The number of rotatable bonds is 4. The van der Waals surface area contributed by atoms with E-state index in [4.69, 9.17) is 5.73 Å². The molecule has 0 radical (unpaired) electrons. The van der Waals surface area contributed by atoms with Crippen molar-refractivity contribution in [2.45, 2.75) is 6.92 Å². The van der Waals surface area contributed by atoms with Crippen molar-refractivity contribution in [2.24, 2.45) is 5.73 Å². The standard InChI is InChI=1S/C9H14N4O/c1-2-11-7-3-4-8(12-6-7)13-9(14)5-10/h3-4,6,11H,2,5,10H2,1H3,(H,12,13,14). The third kappa shape index (κ3) is 3.02. The van der Waals surface area contributed by atoms with Crippen LogP contribution < -0.4 is 16.4 Å². The minimum absolute atomic E-state index is 0.0311. The number of carbonyl (C=O) groups excluding carboxylic acids is 1. The van der Waals surface area contributed by atoms with Gasteiger partial charge in [0, 0.05) is 6.54 Å². The van der Waals surface area contributed by atoms with Crippen molar-refractivity contribution in [1.82, 2.24) is 4.98 Å². The van der Waals surface area contributed by atoms with Gasteiger partial charge in [-0.3, -0.25) is 4.79 Å². The lowest BCUT2D eigenvalue weighted by Gasteiger charge is -2.04. The summed E-state index contributed by atoms with van der Waals surface area (Å²) < 4.78 is 0. The van der Waals surface area contributed by atoms with Gasteiger partial charge in [0.2, 0.25) is 5.91 Å². The molecule has 0 bridgehead atoms. The predicted molar refractivity (Wildman–Crippen MR) is 56.1 cm³/mol. The first-order valence-corrected chi connectivity index (χ1v) is 4.46. The number of carbonyl (C=O) groups is 1. The van der Waals surface area contributed by atoms with Crippen LogP contribution in [0, 0.1) is 0 Å². The van der Waals surface area contributed by atoms with Crippen LogP contribution in [0.1, 0.15) is 6.92 Å². The molecule has 0 fully saturated rings. The van der Waals surface area contributed by atoms with E-state index in [1.807, 2.05) is 13.0 Å². The van der Waals surface area contributed by atoms with Gasteiger partial charge in [0.1, 0.15) is 5.82 Å². The van der Waals surface area contributed by atoms with E-state index in [1.54, 1.807) is 12.3 Å². The third-order valence-corrected chi connectivity index (χ3v) is 1.60. The molecule has 0 spiro atoms. The SMILES string of the molecule is CCNc1ccc(NC(=O)CN)nc1. The second kappa shape index (κ2) is 5.18. The highest BCUT2D eigenvalue weighted by molar-refractivity contribution is 5.91. The zero-order valence-electron chi connectivity index (χ0n) is 8.08. The number of hydrogen-bond acceptors (Lipinski definition) is 4. The fourth-order valence-corrected chi connectivity index (χ4v) is 0.970. The van der Waals surface area contributed by atoms with E-state index in [2.05, 4.69) is 15.6 Å². The number of nitrogens with zero attached hydrogens (tertiary/aromatic N) is 1. The first-order chi connectivity index (χ1) is 6.76. The summed E-state index contributed by atoms with van der Waals surface area (Å²) >= 11 is 0. The largest absolute Gasteiger partial charge is 0.384 e. The number of amides is 1. The topological polar surface area (TPSA) is 80.0 Å². The van der Waals surface area contributed by atoms with Gasteiger partial charge in [-0.2, -0.15) is 0 Å². The highest BCUT2D eigenvalue weighted by Gasteiger charge is 1.99. The third-order valence-electron chi connectivity index (χ3n) is 1.60. The minimum Gasteiger partial charge on any atom is -0.384 e. The van der Waals surface area contributed by atoms with Crippen molar-refractivity contribution in [2.75, 3.05) is 23.7 Å². The van der Waals surface area contributed by atoms with E-state index in [0.29, 0.717) is 5.82 Å². The Bertz CT molecular complexity index is 296. The molecule has 0 saturated heterocycles.